The van der Waals surface area contributed by atoms with Gasteiger partial charge in [-0.2, -0.15) is 10.2 Å². The minimum Gasteiger partial charge on any atom is -0.446 e. The molecule has 0 radical (unpaired) electrons. The lowest BCUT2D eigenvalue weighted by Crippen LogP contribution is -2.45. The van der Waals surface area contributed by atoms with Gasteiger partial charge < -0.3 is 29.6 Å². The Kier molecular flexibility index (Phi) is 9.08. The van der Waals surface area contributed by atoms with Crippen LogP contribution in [0.1, 0.15) is 59.8 Å². The Morgan fingerprint density at radius 2 is 2.00 bits per heavy atom. The molecule has 0 saturated heterocycles. The Bertz CT molecular complexity index is 997. The quantitative estimate of drug-likeness (QED) is 0.451. The number of fused-ring (bicyclic) bond motifs is 1. The van der Waals surface area contributed by atoms with Gasteiger partial charge in [-0.1, -0.05) is 0 Å². The number of hydrogen-bond donors (Lipinski definition) is 2. The maximum atomic E-state index is 12.1. The molecule has 1 fully saturated rings. The molecule has 0 aromatic heterocycles. The lowest BCUT2D eigenvalue weighted by atomic mass is 9.94. The van der Waals surface area contributed by atoms with Crippen LogP contribution in [0.2, 0.25) is 0 Å². The standard InChI is InChI=1S/C25H39N7O6/c1-6-36-25(34)37-16(4)32-20(17-7-8-19(11-17)38-24(33)27-15(2)3)13-22(30-32)28-23-21-12-18(14-35-5)29-31(21)10-9-26-23/h9-10,15-17,19-21H,6-8,11-14H2,1-5H3,(H,27,33)(H,26,28,30). The van der Waals surface area contributed by atoms with Crippen LogP contribution in [-0.4, -0.2) is 90.4 Å². The molecule has 13 nitrogen and oxygen atoms in total. The van der Waals surface area contributed by atoms with Gasteiger partial charge in [0.1, 0.15) is 23.8 Å². The predicted octanol–water partition coefficient (Wildman–Crippen LogP) is 2.75. The summed E-state index contributed by atoms with van der Waals surface area (Å²) in [6, 6.07) is -0.0991. The maximum absolute atomic E-state index is 12.1. The van der Waals surface area contributed by atoms with Crippen LogP contribution in [-0.2, 0) is 18.9 Å². The summed E-state index contributed by atoms with van der Waals surface area (Å²) in [6.07, 6.45) is 5.24. The van der Waals surface area contributed by atoms with Crippen LogP contribution < -0.4 is 10.6 Å². The molecule has 5 atom stereocenters. The second-order valence-electron chi connectivity index (χ2n) is 10.1. The van der Waals surface area contributed by atoms with Crippen LogP contribution in [0.4, 0.5) is 9.59 Å². The maximum Gasteiger partial charge on any atom is 0.510 e. The van der Waals surface area contributed by atoms with Crippen molar-refractivity contribution in [2.45, 2.75) is 90.3 Å². The number of ether oxygens (including phenoxy) is 4. The Labute approximate surface area is 223 Å². The van der Waals surface area contributed by atoms with Gasteiger partial charge in [-0.3, -0.25) is 10.0 Å². The molecule has 2 N–H and O–H groups in total. The zero-order valence-corrected chi connectivity index (χ0v) is 22.8. The Hall–Kier alpha value is -3.35. The second-order valence-corrected chi connectivity index (χ2v) is 10.1. The van der Waals surface area contributed by atoms with Crippen LogP contribution >= 0.6 is 0 Å². The Balaban J connectivity index is 1.44. The number of carbonyl (C=O) groups is 2. The van der Waals surface area contributed by atoms with Gasteiger partial charge in [-0.05, 0) is 52.9 Å². The van der Waals surface area contributed by atoms with Crippen molar-refractivity contribution in [2.75, 3.05) is 20.3 Å². The first kappa shape index (κ1) is 27.7. The highest BCUT2D eigenvalue weighted by Gasteiger charge is 2.42. The predicted molar refractivity (Wildman–Crippen MR) is 140 cm³/mol. The molecule has 210 valence electrons. The average Bonchev–Trinajstić information content (AvgIpc) is 3.57. The van der Waals surface area contributed by atoms with E-state index in [1.54, 1.807) is 27.2 Å². The van der Waals surface area contributed by atoms with Crippen molar-refractivity contribution in [3.8, 4) is 0 Å². The number of methoxy groups -OCH3 is 1. The molecule has 4 rings (SSSR count). The third kappa shape index (κ3) is 6.74. The highest BCUT2D eigenvalue weighted by atomic mass is 16.7. The van der Waals surface area contributed by atoms with Crippen LogP contribution in [0.3, 0.4) is 0 Å². The van der Waals surface area contributed by atoms with Crippen molar-refractivity contribution in [3.63, 3.8) is 0 Å². The molecule has 3 heterocycles. The van der Waals surface area contributed by atoms with Crippen molar-refractivity contribution >= 4 is 29.6 Å². The molecule has 0 spiro atoms. The van der Waals surface area contributed by atoms with E-state index in [4.69, 9.17) is 24.0 Å². The van der Waals surface area contributed by atoms with Crippen molar-refractivity contribution in [1.29, 1.82) is 0 Å². The Morgan fingerprint density at radius 3 is 2.74 bits per heavy atom. The number of aliphatic imine (C=N–C) groups is 1. The molecule has 5 unspecified atom stereocenters. The van der Waals surface area contributed by atoms with E-state index in [0.29, 0.717) is 25.9 Å². The molecular weight excluding hydrogens is 494 g/mol. The van der Waals surface area contributed by atoms with E-state index < -0.39 is 18.5 Å². The highest BCUT2D eigenvalue weighted by molar-refractivity contribution is 6.07. The van der Waals surface area contributed by atoms with Gasteiger partial charge in [0, 0.05) is 38.4 Å². The molecule has 38 heavy (non-hydrogen) atoms. The van der Waals surface area contributed by atoms with Gasteiger partial charge >= 0.3 is 12.2 Å². The highest BCUT2D eigenvalue weighted by Crippen LogP contribution is 2.37. The number of nitrogens with zero attached hydrogens (tertiary/aromatic N) is 5. The van der Waals surface area contributed by atoms with Gasteiger partial charge in [-0.25, -0.2) is 14.6 Å². The fourth-order valence-electron chi connectivity index (χ4n) is 5.29. The average molecular weight is 534 g/mol. The monoisotopic (exact) mass is 533 g/mol. The summed E-state index contributed by atoms with van der Waals surface area (Å²) in [5.74, 6) is 1.67. The minimum absolute atomic E-state index is 0.0113. The second kappa shape index (κ2) is 12.5. The molecule has 3 aliphatic heterocycles. The number of hydrazone groups is 2. The zero-order valence-electron chi connectivity index (χ0n) is 22.8. The molecule has 1 aliphatic carbocycles. The number of alkyl carbamates (subject to hydrolysis) is 1. The van der Waals surface area contributed by atoms with Crippen molar-refractivity contribution in [1.82, 2.24) is 20.7 Å². The topological polar surface area (TPSA) is 139 Å². The van der Waals surface area contributed by atoms with E-state index in [0.717, 1.165) is 30.2 Å². The lowest BCUT2D eigenvalue weighted by molar-refractivity contribution is -0.0573. The van der Waals surface area contributed by atoms with E-state index in [1.807, 2.05) is 30.1 Å². The normalized spacial score (nSPS) is 26.9. The zero-order chi connectivity index (χ0) is 27.2. The van der Waals surface area contributed by atoms with Gasteiger partial charge in [0.2, 0.25) is 0 Å². The van der Waals surface area contributed by atoms with Crippen molar-refractivity contribution in [2.24, 2.45) is 21.1 Å². The number of nitrogens with one attached hydrogen (secondary N) is 2. The lowest BCUT2D eigenvalue weighted by Gasteiger charge is -2.32. The first-order chi connectivity index (χ1) is 18.3. The molecule has 13 heteroatoms. The van der Waals surface area contributed by atoms with E-state index in [-0.39, 0.29) is 36.8 Å². The fraction of sp³-hybridized carbons (Fsp3) is 0.720. The van der Waals surface area contributed by atoms with E-state index in [1.165, 1.54) is 0 Å². The largest absolute Gasteiger partial charge is 0.510 e. The van der Waals surface area contributed by atoms with Gasteiger partial charge in [-0.15, -0.1) is 0 Å². The summed E-state index contributed by atoms with van der Waals surface area (Å²) in [5, 5.41) is 19.3. The van der Waals surface area contributed by atoms with E-state index in [2.05, 4.69) is 20.7 Å². The molecule has 0 bridgehead atoms. The molecule has 0 aromatic rings. The smallest absolute Gasteiger partial charge is 0.446 e. The SMILES string of the molecule is CCOC(=O)OC(C)N1N=C(NC2=NC=CN3N=C(COC)CC23)CC1C1CCC(OC(=O)NC(C)C)C1. The van der Waals surface area contributed by atoms with Crippen molar-refractivity contribution in [3.05, 3.63) is 12.4 Å². The van der Waals surface area contributed by atoms with Crippen LogP contribution in [0.15, 0.2) is 27.6 Å². The number of rotatable bonds is 8. The third-order valence-electron chi connectivity index (χ3n) is 6.87. The summed E-state index contributed by atoms with van der Waals surface area (Å²) in [5.41, 5.74) is 0.946. The van der Waals surface area contributed by atoms with Crippen LogP contribution in [0, 0.1) is 5.92 Å². The fourth-order valence-corrected chi connectivity index (χ4v) is 5.29. The van der Waals surface area contributed by atoms with Crippen LogP contribution in [0.5, 0.6) is 0 Å². The van der Waals surface area contributed by atoms with Gasteiger partial charge in [0.05, 0.1) is 25.0 Å². The van der Waals surface area contributed by atoms with Crippen LogP contribution in [0.25, 0.3) is 0 Å². The summed E-state index contributed by atoms with van der Waals surface area (Å²) in [4.78, 5) is 28.7. The Morgan fingerprint density at radius 1 is 1.18 bits per heavy atom. The van der Waals surface area contributed by atoms with Crippen molar-refractivity contribution < 1.29 is 28.5 Å². The number of hydrogen-bond acceptors (Lipinski definition) is 12. The molecular formula is C25H39N7O6. The summed E-state index contributed by atoms with van der Waals surface area (Å²) in [7, 11) is 1.65. The molecule has 1 saturated carbocycles. The summed E-state index contributed by atoms with van der Waals surface area (Å²) < 4.78 is 21.4. The molecule has 4 aliphatic rings. The number of amidine groups is 2. The first-order valence-electron chi connectivity index (χ1n) is 13.3. The van der Waals surface area contributed by atoms with Gasteiger partial charge in [0.25, 0.3) is 0 Å². The third-order valence-corrected chi connectivity index (χ3v) is 6.87. The minimum atomic E-state index is -0.737. The van der Waals surface area contributed by atoms with E-state index in [9.17, 15) is 9.59 Å². The summed E-state index contributed by atoms with van der Waals surface area (Å²) in [6.45, 7) is 7.99. The van der Waals surface area contributed by atoms with E-state index >= 15 is 0 Å². The summed E-state index contributed by atoms with van der Waals surface area (Å²) >= 11 is 0. The molecule has 0 aromatic carbocycles. The molecule has 1 amide bonds. The number of amides is 1. The number of carbonyl (C=O) groups excluding carboxylic acids is 2. The first-order valence-corrected chi connectivity index (χ1v) is 13.3. The van der Waals surface area contributed by atoms with Gasteiger partial charge in [0.15, 0.2) is 6.23 Å².